The Labute approximate surface area is 351 Å². The zero-order chi connectivity index (χ0) is 40.3. The average molecular weight is 770 g/mol. The third kappa shape index (κ3) is 5.07. The van der Waals surface area contributed by atoms with E-state index in [0.29, 0.717) is 0 Å². The summed E-state index contributed by atoms with van der Waals surface area (Å²) in [6.07, 6.45) is 0. The Morgan fingerprint density at radius 1 is 0.350 bits per heavy atom. The van der Waals surface area contributed by atoms with Crippen molar-refractivity contribution in [3.05, 3.63) is 210 Å². The van der Waals surface area contributed by atoms with E-state index in [-0.39, 0.29) is 10.8 Å². The van der Waals surface area contributed by atoms with Crippen molar-refractivity contribution in [2.75, 3.05) is 4.90 Å². The highest BCUT2D eigenvalue weighted by Crippen LogP contribution is 2.51. The zero-order valence-electron chi connectivity index (χ0n) is 34.3. The molecule has 10 aromatic rings. The van der Waals surface area contributed by atoms with E-state index in [1.54, 1.807) is 0 Å². The van der Waals surface area contributed by atoms with Crippen LogP contribution in [0.3, 0.4) is 0 Å². The molecule has 0 saturated carbocycles. The van der Waals surface area contributed by atoms with E-state index in [1.165, 1.54) is 77.5 Å². The molecule has 0 unspecified atom stereocenters. The molecular formula is C58H43NO. The van der Waals surface area contributed by atoms with Gasteiger partial charge in [-0.05, 0) is 138 Å². The molecular weight excluding hydrogens is 727 g/mol. The summed E-state index contributed by atoms with van der Waals surface area (Å²) in [6, 6.07) is 69.3. The fraction of sp³-hybridized carbons (Fsp3) is 0.103. The Balaban J connectivity index is 0.960. The Hall–Kier alpha value is -7.16. The van der Waals surface area contributed by atoms with E-state index in [2.05, 4.69) is 221 Å². The molecule has 0 aliphatic heterocycles. The largest absolute Gasteiger partial charge is 0.456 e. The third-order valence-electron chi connectivity index (χ3n) is 13.7. The van der Waals surface area contributed by atoms with Gasteiger partial charge in [0, 0.05) is 38.7 Å². The number of nitrogens with zero attached hydrogens (tertiary/aromatic N) is 1. The Kier molecular flexibility index (Phi) is 7.36. The molecule has 60 heavy (non-hydrogen) atoms. The highest BCUT2D eigenvalue weighted by molar-refractivity contribution is 6.19. The van der Waals surface area contributed by atoms with Gasteiger partial charge in [0.2, 0.25) is 0 Å². The van der Waals surface area contributed by atoms with Gasteiger partial charge in [-0.1, -0.05) is 155 Å². The number of benzene rings is 9. The van der Waals surface area contributed by atoms with Crippen LogP contribution in [-0.4, -0.2) is 0 Å². The molecule has 1 aromatic heterocycles. The van der Waals surface area contributed by atoms with Crippen LogP contribution in [0.1, 0.15) is 49.9 Å². The van der Waals surface area contributed by atoms with Crippen LogP contribution < -0.4 is 4.90 Å². The van der Waals surface area contributed by atoms with Gasteiger partial charge >= 0.3 is 0 Å². The van der Waals surface area contributed by atoms with Crippen molar-refractivity contribution in [2.24, 2.45) is 0 Å². The molecule has 0 radical (unpaired) electrons. The molecule has 2 nitrogen and oxygen atoms in total. The summed E-state index contributed by atoms with van der Waals surface area (Å²) in [5.41, 5.74) is 20.8. The van der Waals surface area contributed by atoms with Gasteiger partial charge in [0.25, 0.3) is 0 Å². The summed E-state index contributed by atoms with van der Waals surface area (Å²) < 4.78 is 6.45. The SMILES string of the molecule is CC1(C)c2ccccc2-c2ccc(-c3ccc(N(c4ccc(-c5ccc6c(c5)C(C)(C)c5ccccc5-6)cc4)c4ccc5oc6ccc7ccccc7c6c5c4)cc3)cc21. The van der Waals surface area contributed by atoms with Crippen molar-refractivity contribution in [1.82, 2.24) is 0 Å². The quantitative estimate of drug-likeness (QED) is 0.173. The first kappa shape index (κ1) is 34.8. The molecule has 2 aliphatic rings. The van der Waals surface area contributed by atoms with Crippen LogP contribution in [0.4, 0.5) is 17.1 Å². The first-order chi connectivity index (χ1) is 29.2. The lowest BCUT2D eigenvalue weighted by molar-refractivity contribution is 0.660. The molecule has 0 N–H and O–H groups in total. The number of rotatable bonds is 5. The average Bonchev–Trinajstić information content (AvgIpc) is 3.86. The molecule has 0 saturated heterocycles. The first-order valence-corrected chi connectivity index (χ1v) is 21.1. The van der Waals surface area contributed by atoms with Gasteiger partial charge in [0.1, 0.15) is 11.2 Å². The minimum atomic E-state index is -0.0485. The Morgan fingerprint density at radius 2 is 0.817 bits per heavy atom. The van der Waals surface area contributed by atoms with Crippen LogP contribution in [0.5, 0.6) is 0 Å². The van der Waals surface area contributed by atoms with Crippen LogP contribution in [0, 0.1) is 0 Å². The molecule has 2 heteroatoms. The third-order valence-corrected chi connectivity index (χ3v) is 13.7. The maximum Gasteiger partial charge on any atom is 0.136 e. The van der Waals surface area contributed by atoms with Crippen molar-refractivity contribution in [3.63, 3.8) is 0 Å². The predicted octanol–water partition coefficient (Wildman–Crippen LogP) is 16.2. The summed E-state index contributed by atoms with van der Waals surface area (Å²) in [7, 11) is 0. The molecule has 0 amide bonds. The Bertz CT molecular complexity index is 3210. The van der Waals surface area contributed by atoms with Crippen molar-refractivity contribution >= 4 is 49.8 Å². The van der Waals surface area contributed by atoms with Gasteiger partial charge in [-0.3, -0.25) is 0 Å². The van der Waals surface area contributed by atoms with Crippen molar-refractivity contribution < 1.29 is 4.42 Å². The summed E-state index contributed by atoms with van der Waals surface area (Å²) >= 11 is 0. The van der Waals surface area contributed by atoms with Crippen LogP contribution in [0.25, 0.3) is 77.2 Å². The van der Waals surface area contributed by atoms with Crippen LogP contribution in [0.2, 0.25) is 0 Å². The number of fused-ring (bicyclic) bond motifs is 11. The van der Waals surface area contributed by atoms with Gasteiger partial charge in [-0.15, -0.1) is 0 Å². The van der Waals surface area contributed by atoms with Gasteiger partial charge < -0.3 is 9.32 Å². The second-order valence-electron chi connectivity index (χ2n) is 17.7. The minimum Gasteiger partial charge on any atom is -0.456 e. The predicted molar refractivity (Wildman–Crippen MR) is 252 cm³/mol. The highest BCUT2D eigenvalue weighted by Gasteiger charge is 2.36. The molecule has 0 fully saturated rings. The summed E-state index contributed by atoms with van der Waals surface area (Å²) in [6.45, 7) is 9.39. The number of hydrogen-bond acceptors (Lipinski definition) is 2. The molecule has 12 rings (SSSR count). The van der Waals surface area contributed by atoms with Crippen molar-refractivity contribution in [2.45, 2.75) is 38.5 Å². The molecule has 1 heterocycles. The normalized spacial score (nSPS) is 14.3. The Morgan fingerprint density at radius 3 is 1.40 bits per heavy atom. The standard InChI is InChI=1S/C58H43NO/c1-57(2)50-15-9-7-13-45(50)47-29-21-39(33-52(47)57)36-17-24-41(25-18-36)59(43-28-32-54-49(35-43)56-44-12-6-5-11-38(44)23-31-55(56)60-54)42-26-19-37(20-27-42)40-22-30-48-46-14-8-10-16-51(46)58(3,4)53(48)34-40/h5-35H,1-4H3. The molecule has 2 aliphatic carbocycles. The van der Waals surface area contributed by atoms with Crippen molar-refractivity contribution in [1.29, 1.82) is 0 Å². The molecule has 0 spiro atoms. The van der Waals surface area contributed by atoms with Gasteiger partial charge in [-0.25, -0.2) is 0 Å². The van der Waals surface area contributed by atoms with Gasteiger partial charge in [-0.2, -0.15) is 0 Å². The van der Waals surface area contributed by atoms with E-state index >= 15 is 0 Å². The number of hydrogen-bond donors (Lipinski definition) is 0. The van der Waals surface area contributed by atoms with Gasteiger partial charge in [0.15, 0.2) is 0 Å². The molecule has 9 aromatic carbocycles. The molecule has 0 atom stereocenters. The van der Waals surface area contributed by atoms with E-state index in [1.807, 2.05) is 0 Å². The number of furan rings is 1. The lowest BCUT2D eigenvalue weighted by Gasteiger charge is -2.26. The van der Waals surface area contributed by atoms with Crippen LogP contribution >= 0.6 is 0 Å². The lowest BCUT2D eigenvalue weighted by atomic mass is 9.81. The zero-order valence-corrected chi connectivity index (χ0v) is 34.3. The second-order valence-corrected chi connectivity index (χ2v) is 17.7. The van der Waals surface area contributed by atoms with Crippen molar-refractivity contribution in [3.8, 4) is 44.5 Å². The van der Waals surface area contributed by atoms with Crippen LogP contribution in [0.15, 0.2) is 192 Å². The topological polar surface area (TPSA) is 16.4 Å². The fourth-order valence-corrected chi connectivity index (χ4v) is 10.5. The molecule has 0 bridgehead atoms. The lowest BCUT2D eigenvalue weighted by Crippen LogP contribution is -2.14. The van der Waals surface area contributed by atoms with E-state index in [4.69, 9.17) is 4.42 Å². The highest BCUT2D eigenvalue weighted by atomic mass is 16.3. The summed E-state index contributed by atoms with van der Waals surface area (Å²) in [5, 5.41) is 4.67. The van der Waals surface area contributed by atoms with E-state index in [9.17, 15) is 0 Å². The maximum atomic E-state index is 6.45. The smallest absolute Gasteiger partial charge is 0.136 e. The van der Waals surface area contributed by atoms with Crippen LogP contribution in [-0.2, 0) is 10.8 Å². The maximum absolute atomic E-state index is 6.45. The fourth-order valence-electron chi connectivity index (χ4n) is 10.5. The summed E-state index contributed by atoms with van der Waals surface area (Å²) in [4.78, 5) is 2.38. The second kappa shape index (κ2) is 12.7. The van der Waals surface area contributed by atoms with Gasteiger partial charge in [0.05, 0.1) is 0 Å². The molecule has 286 valence electrons. The monoisotopic (exact) mass is 769 g/mol. The van der Waals surface area contributed by atoms with E-state index in [0.717, 1.165) is 39.0 Å². The van der Waals surface area contributed by atoms with E-state index < -0.39 is 0 Å². The first-order valence-electron chi connectivity index (χ1n) is 21.1. The minimum absolute atomic E-state index is 0.0485. The summed E-state index contributed by atoms with van der Waals surface area (Å²) in [5.74, 6) is 0. The number of anilines is 3.